The van der Waals surface area contributed by atoms with Gasteiger partial charge in [-0.2, -0.15) is 0 Å². The zero-order valence-electron chi connectivity index (χ0n) is 17.9. The molecule has 1 N–H and O–H groups in total. The number of hydrogen-bond acceptors (Lipinski definition) is 6. The van der Waals surface area contributed by atoms with Gasteiger partial charge in [0.15, 0.2) is 0 Å². The third-order valence-electron chi connectivity index (χ3n) is 5.84. The first-order chi connectivity index (χ1) is 16.2. The molecule has 0 atom stereocenters. The van der Waals surface area contributed by atoms with Gasteiger partial charge in [-0.25, -0.2) is 15.0 Å². The van der Waals surface area contributed by atoms with Gasteiger partial charge >= 0.3 is 0 Å². The highest BCUT2D eigenvalue weighted by Crippen LogP contribution is 2.36. The minimum atomic E-state index is -0.598. The largest absolute Gasteiger partial charge is 0.439 e. The number of nitrogens with one attached hydrogen (secondary N) is 1. The van der Waals surface area contributed by atoms with E-state index in [0.717, 1.165) is 5.56 Å². The fourth-order valence-corrected chi connectivity index (χ4v) is 4.02. The van der Waals surface area contributed by atoms with Crippen LogP contribution in [0.3, 0.4) is 0 Å². The summed E-state index contributed by atoms with van der Waals surface area (Å²) < 4.78 is 13.2. The Kier molecular flexibility index (Phi) is 5.82. The van der Waals surface area contributed by atoms with Crippen molar-refractivity contribution >= 4 is 11.6 Å². The van der Waals surface area contributed by atoms with Gasteiger partial charge in [0.05, 0.1) is 5.41 Å². The third kappa shape index (κ3) is 4.47. The van der Waals surface area contributed by atoms with Crippen LogP contribution in [0.4, 0.5) is 5.69 Å². The summed E-state index contributed by atoms with van der Waals surface area (Å²) in [6.45, 7) is 1.13. The number of carbonyl (C=O) groups is 1. The van der Waals surface area contributed by atoms with Crippen molar-refractivity contribution in [1.82, 2.24) is 19.5 Å². The summed E-state index contributed by atoms with van der Waals surface area (Å²) >= 11 is 0. The van der Waals surface area contributed by atoms with Crippen LogP contribution in [0.25, 0.3) is 5.82 Å². The molecule has 0 aliphatic carbocycles. The Morgan fingerprint density at radius 2 is 1.82 bits per heavy atom. The topological polar surface area (TPSA) is 91.2 Å². The summed E-state index contributed by atoms with van der Waals surface area (Å²) in [6.07, 6.45) is 7.87. The Morgan fingerprint density at radius 1 is 1.03 bits per heavy atom. The molecule has 3 heterocycles. The highest BCUT2D eigenvalue weighted by molar-refractivity contribution is 5.99. The lowest BCUT2D eigenvalue weighted by Crippen LogP contribution is -2.44. The minimum Gasteiger partial charge on any atom is -0.439 e. The fourth-order valence-electron chi connectivity index (χ4n) is 4.02. The first-order valence-electron chi connectivity index (χ1n) is 10.8. The zero-order chi connectivity index (χ0) is 22.5. The van der Waals surface area contributed by atoms with Gasteiger partial charge in [0.25, 0.3) is 0 Å². The highest BCUT2D eigenvalue weighted by atomic mass is 16.5. The number of aromatic nitrogens is 4. The van der Waals surface area contributed by atoms with E-state index in [-0.39, 0.29) is 5.91 Å². The zero-order valence-corrected chi connectivity index (χ0v) is 17.9. The summed E-state index contributed by atoms with van der Waals surface area (Å²) in [4.78, 5) is 25.8. The predicted molar refractivity (Wildman–Crippen MR) is 122 cm³/mol. The molecule has 0 radical (unpaired) electrons. The smallest absolute Gasteiger partial charge is 0.235 e. The van der Waals surface area contributed by atoms with Gasteiger partial charge in [-0.15, -0.1) is 0 Å². The lowest BCUT2D eigenvalue weighted by Gasteiger charge is -2.36. The van der Waals surface area contributed by atoms with Gasteiger partial charge in [-0.05, 0) is 42.7 Å². The molecule has 166 valence electrons. The second-order valence-corrected chi connectivity index (χ2v) is 7.83. The molecule has 0 saturated carbocycles. The lowest BCUT2D eigenvalue weighted by atomic mass is 9.73. The van der Waals surface area contributed by atoms with Crippen molar-refractivity contribution in [2.75, 3.05) is 18.5 Å². The van der Waals surface area contributed by atoms with E-state index >= 15 is 0 Å². The lowest BCUT2D eigenvalue weighted by molar-refractivity contribution is -0.125. The Hall–Kier alpha value is -4.04. The Bertz CT molecular complexity index is 1200. The van der Waals surface area contributed by atoms with E-state index in [0.29, 0.717) is 49.2 Å². The number of imidazole rings is 1. The Balaban J connectivity index is 1.30. The third-order valence-corrected chi connectivity index (χ3v) is 5.84. The minimum absolute atomic E-state index is 0.0218. The number of anilines is 1. The van der Waals surface area contributed by atoms with Crippen LogP contribution in [0, 0.1) is 0 Å². The molecule has 0 spiro atoms. The predicted octanol–water partition coefficient (Wildman–Crippen LogP) is 4.14. The maximum atomic E-state index is 13.4. The number of nitrogens with zero attached hydrogens (tertiary/aromatic N) is 4. The Labute approximate surface area is 191 Å². The number of amides is 1. The van der Waals surface area contributed by atoms with E-state index in [4.69, 9.17) is 9.47 Å². The van der Waals surface area contributed by atoms with Crippen LogP contribution in [-0.4, -0.2) is 38.6 Å². The van der Waals surface area contributed by atoms with Crippen molar-refractivity contribution in [3.8, 4) is 17.4 Å². The molecule has 1 amide bonds. The van der Waals surface area contributed by atoms with Crippen LogP contribution >= 0.6 is 0 Å². The molecule has 5 rings (SSSR count). The number of benzene rings is 2. The first-order valence-corrected chi connectivity index (χ1v) is 10.8. The van der Waals surface area contributed by atoms with Crippen LogP contribution in [0.15, 0.2) is 85.7 Å². The van der Waals surface area contributed by atoms with Crippen molar-refractivity contribution in [3.05, 3.63) is 91.3 Å². The fraction of sp³-hybridized carbons (Fsp3) is 0.200. The van der Waals surface area contributed by atoms with Crippen LogP contribution in [0.1, 0.15) is 18.4 Å². The monoisotopic (exact) mass is 441 g/mol. The maximum absolute atomic E-state index is 13.4. The molecule has 1 fully saturated rings. The van der Waals surface area contributed by atoms with Crippen molar-refractivity contribution in [2.24, 2.45) is 0 Å². The molecular weight excluding hydrogens is 418 g/mol. The van der Waals surface area contributed by atoms with Gasteiger partial charge in [-0.1, -0.05) is 30.3 Å². The van der Waals surface area contributed by atoms with Crippen molar-refractivity contribution in [1.29, 1.82) is 0 Å². The molecule has 2 aromatic carbocycles. The van der Waals surface area contributed by atoms with Gasteiger partial charge in [0, 0.05) is 37.4 Å². The molecule has 1 saturated heterocycles. The summed E-state index contributed by atoms with van der Waals surface area (Å²) in [7, 11) is 0. The van der Waals surface area contributed by atoms with Crippen LogP contribution in [0.5, 0.6) is 11.6 Å². The number of ether oxygens (including phenoxy) is 2. The quantitative estimate of drug-likeness (QED) is 0.484. The van der Waals surface area contributed by atoms with E-state index in [2.05, 4.69) is 20.3 Å². The number of hydrogen-bond donors (Lipinski definition) is 1. The molecule has 33 heavy (non-hydrogen) atoms. The maximum Gasteiger partial charge on any atom is 0.235 e. The van der Waals surface area contributed by atoms with Crippen molar-refractivity contribution in [2.45, 2.75) is 18.3 Å². The number of carbonyl (C=O) groups excluding carboxylic acids is 1. The molecule has 1 aliphatic rings. The molecule has 8 nitrogen and oxygen atoms in total. The molecule has 0 bridgehead atoms. The van der Waals surface area contributed by atoms with Crippen molar-refractivity contribution < 1.29 is 14.3 Å². The number of rotatable bonds is 6. The van der Waals surface area contributed by atoms with Gasteiger partial charge in [-0.3, -0.25) is 9.36 Å². The summed E-state index contributed by atoms with van der Waals surface area (Å²) in [5, 5.41) is 3.08. The molecule has 8 heteroatoms. The van der Waals surface area contributed by atoms with Crippen LogP contribution < -0.4 is 10.1 Å². The molecular formula is C25H23N5O3. The van der Waals surface area contributed by atoms with E-state index in [9.17, 15) is 4.79 Å². The normalized spacial score (nSPS) is 15.0. The van der Waals surface area contributed by atoms with Gasteiger partial charge in [0.1, 0.15) is 24.2 Å². The summed E-state index contributed by atoms with van der Waals surface area (Å²) in [6, 6.07) is 18.9. The second-order valence-electron chi connectivity index (χ2n) is 7.83. The summed E-state index contributed by atoms with van der Waals surface area (Å²) in [5.74, 6) is 1.65. The molecule has 1 aliphatic heterocycles. The average molecular weight is 441 g/mol. The highest BCUT2D eigenvalue weighted by Gasteiger charge is 2.41. The standard InChI is InChI=1S/C25H23N5O3/c31-24(25(10-14-32-15-11-25)19-4-2-1-3-5-19)29-20-6-8-21(9-7-20)33-23-16-22(27-17-28-23)30-13-12-26-18-30/h1-9,12-13,16-18H,10-11,14-15H2,(H,29,31). The summed E-state index contributed by atoms with van der Waals surface area (Å²) in [5.41, 5.74) is 1.12. The molecule has 0 unspecified atom stereocenters. The molecule has 2 aromatic heterocycles. The van der Waals surface area contributed by atoms with Crippen LogP contribution in [0.2, 0.25) is 0 Å². The average Bonchev–Trinajstić information content (AvgIpc) is 3.42. The van der Waals surface area contributed by atoms with E-state index in [1.807, 2.05) is 42.5 Å². The first kappa shape index (κ1) is 20.8. The van der Waals surface area contributed by atoms with Gasteiger partial charge < -0.3 is 14.8 Å². The second kappa shape index (κ2) is 9.22. The van der Waals surface area contributed by atoms with E-state index < -0.39 is 5.41 Å². The van der Waals surface area contributed by atoms with Crippen LogP contribution in [-0.2, 0) is 14.9 Å². The van der Waals surface area contributed by atoms with Gasteiger partial charge in [0.2, 0.25) is 11.8 Å². The Morgan fingerprint density at radius 3 is 2.55 bits per heavy atom. The molecule has 4 aromatic rings. The van der Waals surface area contributed by atoms with Crippen molar-refractivity contribution in [3.63, 3.8) is 0 Å². The van der Waals surface area contributed by atoms with E-state index in [1.54, 1.807) is 41.5 Å². The SMILES string of the molecule is O=C(Nc1ccc(Oc2cc(-n3ccnc3)ncn2)cc1)C1(c2ccccc2)CCOCC1. The van der Waals surface area contributed by atoms with E-state index in [1.165, 1.54) is 6.33 Å².